The van der Waals surface area contributed by atoms with Crippen molar-refractivity contribution < 1.29 is 4.92 Å². The second-order valence-electron chi connectivity index (χ2n) is 4.96. The molecule has 1 aromatic carbocycles. The summed E-state index contributed by atoms with van der Waals surface area (Å²) in [6.45, 7) is 2.01. The minimum Gasteiger partial charge on any atom is -0.294 e. The molecule has 1 aliphatic rings. The zero-order chi connectivity index (χ0) is 14.3. The molecule has 1 atom stereocenters. The van der Waals surface area contributed by atoms with Crippen molar-refractivity contribution in [3.8, 4) is 11.3 Å². The van der Waals surface area contributed by atoms with Crippen LogP contribution in [0, 0.1) is 10.1 Å². The molecular formula is C14H13N3O3. The van der Waals surface area contributed by atoms with E-state index in [1.165, 1.54) is 18.2 Å². The van der Waals surface area contributed by atoms with Gasteiger partial charge in [0.1, 0.15) is 5.82 Å². The molecule has 0 spiro atoms. The predicted molar refractivity (Wildman–Crippen MR) is 73.6 cm³/mol. The Bertz CT molecular complexity index is 734. The van der Waals surface area contributed by atoms with E-state index < -0.39 is 4.92 Å². The Hall–Kier alpha value is -2.50. The van der Waals surface area contributed by atoms with Crippen LogP contribution in [0.3, 0.4) is 0 Å². The van der Waals surface area contributed by atoms with Crippen molar-refractivity contribution in [2.24, 2.45) is 0 Å². The molecule has 0 saturated carbocycles. The number of nitro groups is 1. The molecule has 0 amide bonds. The van der Waals surface area contributed by atoms with Gasteiger partial charge in [0, 0.05) is 36.2 Å². The highest BCUT2D eigenvalue weighted by molar-refractivity contribution is 5.60. The molecule has 2 aromatic rings. The predicted octanol–water partition coefficient (Wildman–Crippen LogP) is 2.33. The summed E-state index contributed by atoms with van der Waals surface area (Å²) < 4.78 is 1.72. The van der Waals surface area contributed by atoms with Gasteiger partial charge in [-0.05, 0) is 25.5 Å². The second kappa shape index (κ2) is 4.56. The molecule has 0 radical (unpaired) electrons. The van der Waals surface area contributed by atoms with Gasteiger partial charge in [-0.3, -0.25) is 19.5 Å². The summed E-state index contributed by atoms with van der Waals surface area (Å²) in [6.07, 6.45) is 1.71. The maximum Gasteiger partial charge on any atom is 0.269 e. The lowest BCUT2D eigenvalue weighted by molar-refractivity contribution is -0.384. The maximum absolute atomic E-state index is 12.1. The van der Waals surface area contributed by atoms with Crippen LogP contribution in [0.4, 0.5) is 5.69 Å². The summed E-state index contributed by atoms with van der Waals surface area (Å²) >= 11 is 0. The smallest absolute Gasteiger partial charge is 0.269 e. The third-order valence-corrected chi connectivity index (χ3v) is 3.63. The summed E-state index contributed by atoms with van der Waals surface area (Å²) in [4.78, 5) is 26.8. The van der Waals surface area contributed by atoms with Gasteiger partial charge >= 0.3 is 0 Å². The molecule has 0 aliphatic carbocycles. The van der Waals surface area contributed by atoms with Crippen molar-refractivity contribution in [3.05, 3.63) is 56.6 Å². The van der Waals surface area contributed by atoms with Gasteiger partial charge in [0.15, 0.2) is 0 Å². The van der Waals surface area contributed by atoms with Crippen molar-refractivity contribution in [3.63, 3.8) is 0 Å². The van der Waals surface area contributed by atoms with Crippen LogP contribution in [0.5, 0.6) is 0 Å². The van der Waals surface area contributed by atoms with Gasteiger partial charge < -0.3 is 0 Å². The number of nitrogens with zero attached hydrogens (tertiary/aromatic N) is 3. The number of aromatic nitrogens is 2. The summed E-state index contributed by atoms with van der Waals surface area (Å²) in [5.41, 5.74) is 1.26. The lowest BCUT2D eigenvalue weighted by atomic mass is 10.1. The van der Waals surface area contributed by atoms with E-state index in [9.17, 15) is 14.9 Å². The Morgan fingerprint density at radius 2 is 2.05 bits per heavy atom. The van der Waals surface area contributed by atoms with Crippen LogP contribution < -0.4 is 5.56 Å². The van der Waals surface area contributed by atoms with E-state index in [2.05, 4.69) is 4.98 Å². The minimum atomic E-state index is -0.448. The summed E-state index contributed by atoms with van der Waals surface area (Å²) in [5, 5.41) is 10.6. The van der Waals surface area contributed by atoms with E-state index in [1.807, 2.05) is 6.92 Å². The van der Waals surface area contributed by atoms with Crippen LogP contribution >= 0.6 is 0 Å². The van der Waals surface area contributed by atoms with Crippen molar-refractivity contribution in [2.45, 2.75) is 25.8 Å². The number of hydrogen-bond donors (Lipinski definition) is 0. The molecule has 1 aromatic heterocycles. The molecule has 102 valence electrons. The highest BCUT2D eigenvalue weighted by Gasteiger charge is 2.21. The zero-order valence-corrected chi connectivity index (χ0v) is 10.9. The van der Waals surface area contributed by atoms with Crippen LogP contribution in [0.2, 0.25) is 0 Å². The number of benzene rings is 1. The van der Waals surface area contributed by atoms with Gasteiger partial charge in [-0.1, -0.05) is 0 Å². The van der Waals surface area contributed by atoms with Crippen LogP contribution in [0.25, 0.3) is 11.3 Å². The monoisotopic (exact) mass is 271 g/mol. The van der Waals surface area contributed by atoms with Crippen molar-refractivity contribution in [1.29, 1.82) is 0 Å². The van der Waals surface area contributed by atoms with Crippen LogP contribution in [0.15, 0.2) is 35.1 Å². The lowest BCUT2D eigenvalue weighted by Crippen LogP contribution is -2.22. The number of fused-ring (bicyclic) bond motifs is 1. The van der Waals surface area contributed by atoms with Crippen LogP contribution in [-0.2, 0) is 6.42 Å². The van der Waals surface area contributed by atoms with E-state index in [-0.39, 0.29) is 17.3 Å². The van der Waals surface area contributed by atoms with E-state index in [0.717, 1.165) is 24.2 Å². The van der Waals surface area contributed by atoms with Gasteiger partial charge in [0.2, 0.25) is 0 Å². The number of rotatable bonds is 2. The zero-order valence-electron chi connectivity index (χ0n) is 10.9. The summed E-state index contributed by atoms with van der Waals surface area (Å²) in [6, 6.07) is 7.77. The average Bonchev–Trinajstić information content (AvgIpc) is 2.81. The molecular weight excluding hydrogens is 258 g/mol. The van der Waals surface area contributed by atoms with E-state index in [4.69, 9.17) is 0 Å². The first-order chi connectivity index (χ1) is 9.56. The van der Waals surface area contributed by atoms with Gasteiger partial charge in [-0.2, -0.15) is 0 Å². The maximum atomic E-state index is 12.1. The van der Waals surface area contributed by atoms with Gasteiger partial charge in [0.05, 0.1) is 10.6 Å². The molecule has 0 N–H and O–H groups in total. The number of non-ortho nitro benzene ring substituents is 1. The fourth-order valence-electron chi connectivity index (χ4n) is 2.56. The topological polar surface area (TPSA) is 78.0 Å². The summed E-state index contributed by atoms with van der Waals surface area (Å²) in [5.74, 6) is 0.790. The second-order valence-corrected chi connectivity index (χ2v) is 4.96. The number of hydrogen-bond acceptors (Lipinski definition) is 4. The Morgan fingerprint density at radius 3 is 2.70 bits per heavy atom. The van der Waals surface area contributed by atoms with Gasteiger partial charge in [-0.25, -0.2) is 4.98 Å². The number of nitro benzene ring substituents is 1. The van der Waals surface area contributed by atoms with E-state index in [0.29, 0.717) is 5.69 Å². The molecule has 1 aliphatic heterocycles. The Morgan fingerprint density at radius 1 is 1.35 bits per heavy atom. The molecule has 0 bridgehead atoms. The van der Waals surface area contributed by atoms with E-state index in [1.54, 1.807) is 16.7 Å². The number of aryl methyl sites for hydroxylation is 1. The van der Waals surface area contributed by atoms with Crippen molar-refractivity contribution >= 4 is 5.69 Å². The quantitative estimate of drug-likeness (QED) is 0.620. The third-order valence-electron chi connectivity index (χ3n) is 3.63. The minimum absolute atomic E-state index is 0.0280. The molecule has 6 nitrogen and oxygen atoms in total. The Labute approximate surface area is 114 Å². The SMILES string of the molecule is C[C@H]1CCc2nc(-c3ccc([N+](=O)[O-])cc3)cc(=O)n21. The average molecular weight is 271 g/mol. The lowest BCUT2D eigenvalue weighted by Gasteiger charge is -2.09. The first-order valence-corrected chi connectivity index (χ1v) is 6.43. The molecule has 6 heteroatoms. The molecule has 2 heterocycles. The molecule has 0 fully saturated rings. The first kappa shape index (κ1) is 12.5. The molecule has 3 rings (SSSR count). The van der Waals surface area contributed by atoms with E-state index >= 15 is 0 Å². The Kier molecular flexibility index (Phi) is 2.85. The fourth-order valence-corrected chi connectivity index (χ4v) is 2.56. The Balaban J connectivity index is 2.05. The van der Waals surface area contributed by atoms with Crippen LogP contribution in [0.1, 0.15) is 25.2 Å². The van der Waals surface area contributed by atoms with Gasteiger partial charge in [-0.15, -0.1) is 0 Å². The first-order valence-electron chi connectivity index (χ1n) is 6.43. The third kappa shape index (κ3) is 1.99. The largest absolute Gasteiger partial charge is 0.294 e. The molecule has 0 saturated heterocycles. The normalized spacial score (nSPS) is 16.9. The van der Waals surface area contributed by atoms with Gasteiger partial charge in [0.25, 0.3) is 11.2 Å². The standard InChI is InChI=1S/C14H13N3O3/c1-9-2-7-13-15-12(8-14(18)16(9)13)10-3-5-11(6-4-10)17(19)20/h3-6,8-9H,2,7H2,1H3/t9-/m0/s1. The van der Waals surface area contributed by atoms with Crippen molar-refractivity contribution in [2.75, 3.05) is 0 Å². The van der Waals surface area contributed by atoms with Crippen molar-refractivity contribution in [1.82, 2.24) is 9.55 Å². The highest BCUT2D eigenvalue weighted by atomic mass is 16.6. The highest BCUT2D eigenvalue weighted by Crippen LogP contribution is 2.25. The van der Waals surface area contributed by atoms with Crippen LogP contribution in [-0.4, -0.2) is 14.5 Å². The molecule has 20 heavy (non-hydrogen) atoms. The molecule has 0 unspecified atom stereocenters. The fraction of sp³-hybridized carbons (Fsp3) is 0.286. The summed E-state index contributed by atoms with van der Waals surface area (Å²) in [7, 11) is 0.